The van der Waals surface area contributed by atoms with Crippen molar-refractivity contribution in [3.8, 4) is 0 Å². The van der Waals surface area contributed by atoms with Crippen LogP contribution in [0.5, 0.6) is 0 Å². The Balaban J connectivity index is 2.23. The predicted molar refractivity (Wildman–Crippen MR) is 95.7 cm³/mol. The lowest BCUT2D eigenvalue weighted by Crippen LogP contribution is -2.36. The van der Waals surface area contributed by atoms with Crippen LogP contribution >= 0.6 is 0 Å². The summed E-state index contributed by atoms with van der Waals surface area (Å²) < 4.78 is 59.7. The van der Waals surface area contributed by atoms with E-state index in [1.165, 1.54) is 32.1 Å². The number of sulfone groups is 1. The molecule has 0 radical (unpaired) electrons. The highest BCUT2D eigenvalue weighted by Gasteiger charge is 2.47. The van der Waals surface area contributed by atoms with E-state index in [-0.39, 0.29) is 6.42 Å². The number of esters is 1. The molecule has 2 atom stereocenters. The Labute approximate surface area is 151 Å². The third-order valence-electron chi connectivity index (χ3n) is 4.40. The maximum atomic E-state index is 11.8. The molecule has 9 heteroatoms. The summed E-state index contributed by atoms with van der Waals surface area (Å²) >= 11 is 0. The third kappa shape index (κ3) is 9.01. The van der Waals surface area contributed by atoms with Gasteiger partial charge >= 0.3 is 5.97 Å². The molecule has 0 unspecified atom stereocenters. The number of hydrogen-bond donors (Lipinski definition) is 1. The van der Waals surface area contributed by atoms with Crippen molar-refractivity contribution in [1.29, 1.82) is 0 Å². The minimum Gasteiger partial charge on any atom is -0.460 e. The van der Waals surface area contributed by atoms with Gasteiger partial charge in [-0.05, 0) is 6.42 Å². The highest BCUT2D eigenvalue weighted by molar-refractivity contribution is 7.94. The molecule has 1 N–H and O–H groups in total. The second-order valence-electron chi connectivity index (χ2n) is 6.74. The Morgan fingerprint density at radius 3 is 2.04 bits per heavy atom. The van der Waals surface area contributed by atoms with E-state index < -0.39 is 48.8 Å². The molecule has 0 aromatic rings. The first-order chi connectivity index (χ1) is 11.7. The van der Waals surface area contributed by atoms with E-state index >= 15 is 0 Å². The number of unbranched alkanes of at least 4 members (excludes halogenated alkanes) is 8. The molecule has 1 aliphatic heterocycles. The van der Waals surface area contributed by atoms with Gasteiger partial charge in [0.2, 0.25) is 0 Å². The molecule has 0 saturated carbocycles. The van der Waals surface area contributed by atoms with Crippen molar-refractivity contribution in [2.24, 2.45) is 0 Å². The predicted octanol–water partition coefficient (Wildman–Crippen LogP) is 2.50. The lowest BCUT2D eigenvalue weighted by Gasteiger charge is -2.16. The topological polar surface area (TPSA) is 115 Å². The molecule has 0 aromatic carbocycles. The second-order valence-corrected chi connectivity index (χ2v) is 10.5. The largest absolute Gasteiger partial charge is 0.460 e. The van der Waals surface area contributed by atoms with Crippen LogP contribution in [0.25, 0.3) is 0 Å². The Kier molecular flexibility index (Phi) is 9.37. The van der Waals surface area contributed by atoms with E-state index in [1.807, 2.05) is 0 Å². The Morgan fingerprint density at radius 1 is 1.00 bits per heavy atom. The van der Waals surface area contributed by atoms with Crippen LogP contribution in [0.15, 0.2) is 0 Å². The first kappa shape index (κ1) is 22.4. The van der Waals surface area contributed by atoms with Gasteiger partial charge in [0.05, 0.1) is 11.5 Å². The standard InChI is InChI=1S/C16H30O7S2/c1-2-3-4-5-6-7-8-9-10-11-16(17)23-14-12-24(18,19)13-15(14)25(20,21)22/h14-15H,2-13H2,1H3,(H,20,21,22)/t14-,15-/m0/s1. The van der Waals surface area contributed by atoms with Crippen LogP contribution < -0.4 is 0 Å². The highest BCUT2D eigenvalue weighted by atomic mass is 32.2. The maximum absolute atomic E-state index is 11.8. The molecule has 0 amide bonds. The second kappa shape index (κ2) is 10.5. The quantitative estimate of drug-likeness (QED) is 0.305. The summed E-state index contributed by atoms with van der Waals surface area (Å²) in [7, 11) is -8.20. The molecule has 1 fully saturated rings. The van der Waals surface area contributed by atoms with E-state index in [0.717, 1.165) is 19.3 Å². The number of carbonyl (C=O) groups excluding carboxylic acids is 1. The van der Waals surface area contributed by atoms with Gasteiger partial charge in [0.1, 0.15) is 11.4 Å². The Bertz CT molecular complexity index is 610. The number of rotatable bonds is 12. The van der Waals surface area contributed by atoms with E-state index in [4.69, 9.17) is 9.29 Å². The molecule has 25 heavy (non-hydrogen) atoms. The van der Waals surface area contributed by atoms with Gasteiger partial charge in [0, 0.05) is 6.42 Å². The van der Waals surface area contributed by atoms with Crippen LogP contribution in [0.1, 0.15) is 71.1 Å². The summed E-state index contributed by atoms with van der Waals surface area (Å²) in [4.78, 5) is 11.8. The number of hydrogen-bond acceptors (Lipinski definition) is 6. The van der Waals surface area contributed by atoms with Crippen LogP contribution in [-0.2, 0) is 29.5 Å². The van der Waals surface area contributed by atoms with Gasteiger partial charge < -0.3 is 4.74 Å². The molecular weight excluding hydrogens is 368 g/mol. The van der Waals surface area contributed by atoms with Crippen LogP contribution in [0.3, 0.4) is 0 Å². The minimum absolute atomic E-state index is 0.130. The van der Waals surface area contributed by atoms with Crippen molar-refractivity contribution in [3.63, 3.8) is 0 Å². The van der Waals surface area contributed by atoms with Crippen molar-refractivity contribution in [3.05, 3.63) is 0 Å². The molecule has 1 saturated heterocycles. The molecule has 1 aliphatic rings. The monoisotopic (exact) mass is 398 g/mol. The molecular formula is C16H30O7S2. The molecule has 1 rings (SSSR count). The first-order valence-corrected chi connectivity index (χ1v) is 12.3. The van der Waals surface area contributed by atoms with Gasteiger partial charge in [-0.15, -0.1) is 0 Å². The van der Waals surface area contributed by atoms with Gasteiger partial charge in [-0.25, -0.2) is 8.42 Å². The Hall–Kier alpha value is -0.670. The van der Waals surface area contributed by atoms with Crippen LogP contribution in [0.2, 0.25) is 0 Å². The highest BCUT2D eigenvalue weighted by Crippen LogP contribution is 2.22. The number of ether oxygens (including phenoxy) is 1. The molecule has 0 aromatic heterocycles. The summed E-state index contributed by atoms with van der Waals surface area (Å²) in [5.41, 5.74) is 0. The van der Waals surface area contributed by atoms with Crippen molar-refractivity contribution in [2.75, 3.05) is 11.5 Å². The first-order valence-electron chi connectivity index (χ1n) is 9.02. The lowest BCUT2D eigenvalue weighted by atomic mass is 10.1. The normalized spacial score (nSPS) is 22.8. The minimum atomic E-state index is -4.57. The molecule has 0 aliphatic carbocycles. The molecule has 7 nitrogen and oxygen atoms in total. The summed E-state index contributed by atoms with van der Waals surface area (Å²) in [6, 6.07) is 0. The fraction of sp³-hybridized carbons (Fsp3) is 0.938. The van der Waals surface area contributed by atoms with Gasteiger partial charge in [-0.3, -0.25) is 9.35 Å². The SMILES string of the molecule is CCCCCCCCCCCC(=O)O[C@H]1CS(=O)(=O)C[C@@H]1S(=O)(=O)O. The maximum Gasteiger partial charge on any atom is 0.306 e. The van der Waals surface area contributed by atoms with Crippen molar-refractivity contribution in [1.82, 2.24) is 0 Å². The van der Waals surface area contributed by atoms with Gasteiger partial charge in [-0.1, -0.05) is 58.3 Å². The summed E-state index contributed by atoms with van der Waals surface area (Å²) in [5.74, 6) is -1.87. The van der Waals surface area contributed by atoms with Crippen molar-refractivity contribution in [2.45, 2.75) is 82.5 Å². The van der Waals surface area contributed by atoms with E-state index in [1.54, 1.807) is 0 Å². The van der Waals surface area contributed by atoms with Gasteiger partial charge in [0.25, 0.3) is 10.1 Å². The van der Waals surface area contributed by atoms with Crippen LogP contribution in [0, 0.1) is 0 Å². The lowest BCUT2D eigenvalue weighted by molar-refractivity contribution is -0.147. The average molecular weight is 399 g/mol. The van der Waals surface area contributed by atoms with E-state index in [0.29, 0.717) is 6.42 Å². The fourth-order valence-electron chi connectivity index (χ4n) is 2.98. The average Bonchev–Trinajstić information content (AvgIpc) is 2.80. The molecule has 148 valence electrons. The zero-order valence-electron chi connectivity index (χ0n) is 14.9. The van der Waals surface area contributed by atoms with Crippen molar-refractivity contribution < 1.29 is 30.9 Å². The van der Waals surface area contributed by atoms with E-state index in [2.05, 4.69) is 6.92 Å². The molecule has 0 spiro atoms. The van der Waals surface area contributed by atoms with E-state index in [9.17, 15) is 21.6 Å². The Morgan fingerprint density at radius 2 is 1.52 bits per heavy atom. The summed E-state index contributed by atoms with van der Waals surface area (Å²) in [6.45, 7) is 2.18. The molecule has 1 heterocycles. The summed E-state index contributed by atoms with van der Waals surface area (Å²) in [5, 5.41) is -1.58. The molecule has 0 bridgehead atoms. The zero-order chi connectivity index (χ0) is 18.9. The van der Waals surface area contributed by atoms with Gasteiger partial charge in [-0.2, -0.15) is 8.42 Å². The summed E-state index contributed by atoms with van der Waals surface area (Å²) in [6.07, 6.45) is 8.69. The van der Waals surface area contributed by atoms with Crippen LogP contribution in [0.4, 0.5) is 0 Å². The zero-order valence-corrected chi connectivity index (χ0v) is 16.5. The van der Waals surface area contributed by atoms with Gasteiger partial charge in [0.15, 0.2) is 9.84 Å². The van der Waals surface area contributed by atoms with Crippen molar-refractivity contribution >= 4 is 25.9 Å². The smallest absolute Gasteiger partial charge is 0.306 e. The third-order valence-corrected chi connectivity index (χ3v) is 7.55. The fourth-order valence-corrected chi connectivity index (χ4v) is 6.60. The number of carbonyl (C=O) groups is 1. The van der Waals surface area contributed by atoms with Crippen LogP contribution in [-0.4, -0.2) is 50.2 Å².